The predicted molar refractivity (Wildman–Crippen MR) is 76.9 cm³/mol. The molecule has 1 heterocycles. The molecule has 0 aliphatic carbocycles. The van der Waals surface area contributed by atoms with Crippen molar-refractivity contribution in [1.82, 2.24) is 10.4 Å². The minimum absolute atomic E-state index is 0.0981. The maximum absolute atomic E-state index is 5.66. The summed E-state index contributed by atoms with van der Waals surface area (Å²) in [6.07, 6.45) is 2.66. The van der Waals surface area contributed by atoms with Crippen LogP contribution in [0.3, 0.4) is 0 Å². The van der Waals surface area contributed by atoms with Gasteiger partial charge in [0.15, 0.2) is 0 Å². The SMILES string of the molecule is Cc1cc(C(Cc2cccc(Br)c2)NN)ccn1. The van der Waals surface area contributed by atoms with Gasteiger partial charge in [0.25, 0.3) is 0 Å². The molecule has 0 amide bonds. The summed E-state index contributed by atoms with van der Waals surface area (Å²) in [5.41, 5.74) is 6.27. The molecule has 0 radical (unpaired) electrons. The molecule has 0 bridgehead atoms. The fourth-order valence-electron chi connectivity index (χ4n) is 1.96. The summed E-state index contributed by atoms with van der Waals surface area (Å²) in [5, 5.41) is 0. The number of aromatic nitrogens is 1. The Morgan fingerprint density at radius 1 is 1.33 bits per heavy atom. The number of nitrogens with one attached hydrogen (secondary N) is 1. The van der Waals surface area contributed by atoms with E-state index in [0.29, 0.717) is 0 Å². The monoisotopic (exact) mass is 305 g/mol. The quantitative estimate of drug-likeness (QED) is 0.674. The van der Waals surface area contributed by atoms with Crippen molar-refractivity contribution in [2.75, 3.05) is 0 Å². The van der Waals surface area contributed by atoms with Gasteiger partial charge >= 0.3 is 0 Å². The van der Waals surface area contributed by atoms with E-state index in [1.54, 1.807) is 0 Å². The molecule has 2 aromatic rings. The second-order valence-electron chi connectivity index (χ2n) is 4.28. The smallest absolute Gasteiger partial charge is 0.0501 e. The molecule has 0 fully saturated rings. The Morgan fingerprint density at radius 2 is 2.17 bits per heavy atom. The third-order valence-electron chi connectivity index (χ3n) is 2.85. The molecule has 94 valence electrons. The Balaban J connectivity index is 2.19. The highest BCUT2D eigenvalue weighted by atomic mass is 79.9. The topological polar surface area (TPSA) is 50.9 Å². The largest absolute Gasteiger partial charge is 0.271 e. The minimum Gasteiger partial charge on any atom is -0.271 e. The van der Waals surface area contributed by atoms with Crippen LogP contribution in [-0.2, 0) is 6.42 Å². The first kappa shape index (κ1) is 13.2. The summed E-state index contributed by atoms with van der Waals surface area (Å²) < 4.78 is 1.08. The molecule has 1 aromatic heterocycles. The number of hydrogen-bond acceptors (Lipinski definition) is 3. The number of nitrogens with zero attached hydrogens (tertiary/aromatic N) is 1. The van der Waals surface area contributed by atoms with Crippen LogP contribution in [0.25, 0.3) is 0 Å². The summed E-state index contributed by atoms with van der Waals surface area (Å²) in [7, 11) is 0. The fourth-order valence-corrected chi connectivity index (χ4v) is 2.40. The Kier molecular flexibility index (Phi) is 4.47. The van der Waals surface area contributed by atoms with Crippen LogP contribution >= 0.6 is 15.9 Å². The standard InChI is InChI=1S/C14H16BrN3/c1-10-7-12(5-6-17-10)14(18-16)9-11-3-2-4-13(15)8-11/h2-8,14,18H,9,16H2,1H3. The Morgan fingerprint density at radius 3 is 2.83 bits per heavy atom. The second-order valence-corrected chi connectivity index (χ2v) is 5.20. The van der Waals surface area contributed by atoms with Crippen LogP contribution in [0.2, 0.25) is 0 Å². The average molecular weight is 306 g/mol. The highest BCUT2D eigenvalue weighted by Gasteiger charge is 2.11. The molecule has 0 saturated carbocycles. The summed E-state index contributed by atoms with van der Waals surface area (Å²) in [5.74, 6) is 5.66. The van der Waals surface area contributed by atoms with Crippen molar-refractivity contribution >= 4 is 15.9 Å². The lowest BCUT2D eigenvalue weighted by Crippen LogP contribution is -2.29. The van der Waals surface area contributed by atoms with Gasteiger partial charge in [0.1, 0.15) is 0 Å². The van der Waals surface area contributed by atoms with Crippen LogP contribution < -0.4 is 11.3 Å². The van der Waals surface area contributed by atoms with Gasteiger partial charge in [0.2, 0.25) is 0 Å². The zero-order valence-electron chi connectivity index (χ0n) is 10.2. The maximum atomic E-state index is 5.66. The van der Waals surface area contributed by atoms with Crippen LogP contribution in [0.4, 0.5) is 0 Å². The highest BCUT2D eigenvalue weighted by molar-refractivity contribution is 9.10. The molecule has 1 unspecified atom stereocenters. The van der Waals surface area contributed by atoms with Crippen molar-refractivity contribution in [2.45, 2.75) is 19.4 Å². The first-order chi connectivity index (χ1) is 8.69. The average Bonchev–Trinajstić information content (AvgIpc) is 2.36. The van der Waals surface area contributed by atoms with Gasteiger partial charge in [-0.3, -0.25) is 16.3 Å². The Labute approximate surface area is 116 Å². The van der Waals surface area contributed by atoms with Gasteiger partial charge in [0, 0.05) is 16.4 Å². The number of hydrazine groups is 1. The minimum atomic E-state index is 0.0981. The first-order valence-electron chi connectivity index (χ1n) is 5.82. The molecule has 0 aliphatic rings. The number of rotatable bonds is 4. The zero-order valence-corrected chi connectivity index (χ0v) is 11.8. The molecule has 2 rings (SSSR count). The van der Waals surface area contributed by atoms with Gasteiger partial charge in [-0.2, -0.15) is 0 Å². The molecular weight excluding hydrogens is 290 g/mol. The van der Waals surface area contributed by atoms with E-state index in [-0.39, 0.29) is 6.04 Å². The van der Waals surface area contributed by atoms with E-state index in [4.69, 9.17) is 5.84 Å². The van der Waals surface area contributed by atoms with E-state index in [9.17, 15) is 0 Å². The Hall–Kier alpha value is -1.23. The maximum Gasteiger partial charge on any atom is 0.0501 e. The lowest BCUT2D eigenvalue weighted by molar-refractivity contribution is 0.551. The number of nitrogens with two attached hydrogens (primary N) is 1. The van der Waals surface area contributed by atoms with Gasteiger partial charge in [0.05, 0.1) is 6.04 Å². The van der Waals surface area contributed by atoms with Gasteiger partial charge in [-0.25, -0.2) is 0 Å². The van der Waals surface area contributed by atoms with Gasteiger partial charge < -0.3 is 0 Å². The lowest BCUT2D eigenvalue weighted by atomic mass is 10.00. The number of halogens is 1. The van der Waals surface area contributed by atoms with E-state index in [1.165, 1.54) is 5.56 Å². The summed E-state index contributed by atoms with van der Waals surface area (Å²) in [6, 6.07) is 12.4. The predicted octanol–water partition coefficient (Wildman–Crippen LogP) is 2.90. The highest BCUT2D eigenvalue weighted by Crippen LogP contribution is 2.20. The third kappa shape index (κ3) is 3.38. The van der Waals surface area contributed by atoms with Crippen LogP contribution in [0.5, 0.6) is 0 Å². The van der Waals surface area contributed by atoms with E-state index in [0.717, 1.165) is 22.2 Å². The molecule has 0 saturated heterocycles. The molecule has 0 spiro atoms. The van der Waals surface area contributed by atoms with Crippen molar-refractivity contribution in [3.05, 3.63) is 63.9 Å². The molecule has 1 atom stereocenters. The van der Waals surface area contributed by atoms with Gasteiger partial charge in [-0.15, -0.1) is 0 Å². The summed E-state index contributed by atoms with van der Waals surface area (Å²) in [6.45, 7) is 1.98. The molecule has 18 heavy (non-hydrogen) atoms. The van der Waals surface area contributed by atoms with E-state index in [1.807, 2.05) is 31.3 Å². The first-order valence-corrected chi connectivity index (χ1v) is 6.61. The van der Waals surface area contributed by atoms with Crippen LogP contribution in [-0.4, -0.2) is 4.98 Å². The van der Waals surface area contributed by atoms with Crippen molar-refractivity contribution in [3.8, 4) is 0 Å². The van der Waals surface area contributed by atoms with Gasteiger partial charge in [-0.1, -0.05) is 28.1 Å². The summed E-state index contributed by atoms with van der Waals surface area (Å²) in [4.78, 5) is 4.20. The van der Waals surface area contributed by atoms with Crippen molar-refractivity contribution in [3.63, 3.8) is 0 Å². The van der Waals surface area contributed by atoms with Crippen molar-refractivity contribution in [1.29, 1.82) is 0 Å². The van der Waals surface area contributed by atoms with E-state index >= 15 is 0 Å². The number of aryl methyl sites for hydroxylation is 1. The van der Waals surface area contributed by atoms with E-state index in [2.05, 4.69) is 44.5 Å². The van der Waals surface area contributed by atoms with E-state index < -0.39 is 0 Å². The fraction of sp³-hybridized carbons (Fsp3) is 0.214. The summed E-state index contributed by atoms with van der Waals surface area (Å²) >= 11 is 3.48. The molecule has 1 aromatic carbocycles. The molecule has 4 heteroatoms. The zero-order chi connectivity index (χ0) is 13.0. The third-order valence-corrected chi connectivity index (χ3v) is 3.35. The van der Waals surface area contributed by atoms with Crippen LogP contribution in [0.15, 0.2) is 47.1 Å². The van der Waals surface area contributed by atoms with Crippen molar-refractivity contribution < 1.29 is 0 Å². The lowest BCUT2D eigenvalue weighted by Gasteiger charge is -2.16. The normalized spacial score (nSPS) is 12.4. The molecular formula is C14H16BrN3. The van der Waals surface area contributed by atoms with Crippen LogP contribution in [0.1, 0.15) is 22.9 Å². The number of hydrogen-bond donors (Lipinski definition) is 2. The molecule has 3 nitrogen and oxygen atoms in total. The Bertz CT molecular complexity index is 528. The molecule has 3 N–H and O–H groups in total. The van der Waals surface area contributed by atoms with Crippen LogP contribution in [0, 0.1) is 6.92 Å². The van der Waals surface area contributed by atoms with Gasteiger partial charge in [-0.05, 0) is 48.7 Å². The van der Waals surface area contributed by atoms with Crippen molar-refractivity contribution in [2.24, 2.45) is 5.84 Å². The second kappa shape index (κ2) is 6.09. The molecule has 0 aliphatic heterocycles. The number of benzene rings is 1. The number of pyridine rings is 1.